The third-order valence-electron chi connectivity index (χ3n) is 2.72. The van der Waals surface area contributed by atoms with Crippen LogP contribution in [0.15, 0.2) is 6.07 Å². The van der Waals surface area contributed by atoms with Gasteiger partial charge in [0.15, 0.2) is 0 Å². The van der Waals surface area contributed by atoms with Crippen molar-refractivity contribution in [2.24, 2.45) is 7.05 Å². The summed E-state index contributed by atoms with van der Waals surface area (Å²) in [5.41, 5.74) is 2.21. The van der Waals surface area contributed by atoms with Gasteiger partial charge in [0.05, 0.1) is 24.9 Å². The van der Waals surface area contributed by atoms with Crippen LogP contribution in [0, 0.1) is 0 Å². The molecule has 0 saturated carbocycles. The van der Waals surface area contributed by atoms with E-state index >= 15 is 0 Å². The van der Waals surface area contributed by atoms with Crippen LogP contribution >= 0.6 is 0 Å². The first-order valence-electron chi connectivity index (χ1n) is 5.88. The summed E-state index contributed by atoms with van der Waals surface area (Å²) in [5, 5.41) is 7.65. The molecule has 5 heteroatoms. The molecule has 0 aliphatic rings. The molecule has 96 valence electrons. The molecule has 1 rings (SSSR count). The number of hydrogen-bond acceptors (Lipinski definition) is 4. The van der Waals surface area contributed by atoms with E-state index in [4.69, 9.17) is 0 Å². The molecule has 1 atom stereocenters. The highest BCUT2D eigenvalue weighted by Gasteiger charge is 2.10. The van der Waals surface area contributed by atoms with Gasteiger partial charge in [0, 0.05) is 19.6 Å². The van der Waals surface area contributed by atoms with Crippen molar-refractivity contribution in [1.82, 2.24) is 15.1 Å². The monoisotopic (exact) mass is 239 g/mol. The standard InChI is InChI=1S/C12H21N3O2/c1-5-10-7-11(15(3)14-10)8-13-9(2)6-12(16)17-4/h7,9,13H,5-6,8H2,1-4H3. The molecule has 1 unspecified atom stereocenters. The van der Waals surface area contributed by atoms with Gasteiger partial charge < -0.3 is 10.1 Å². The zero-order valence-corrected chi connectivity index (χ0v) is 11.0. The predicted octanol–water partition coefficient (Wildman–Crippen LogP) is 1.02. The van der Waals surface area contributed by atoms with Gasteiger partial charge in [0.25, 0.3) is 0 Å². The molecule has 1 aromatic rings. The number of aryl methyl sites for hydroxylation is 2. The van der Waals surface area contributed by atoms with Crippen molar-refractivity contribution in [3.63, 3.8) is 0 Å². The third kappa shape index (κ3) is 4.19. The minimum Gasteiger partial charge on any atom is -0.469 e. The maximum absolute atomic E-state index is 11.1. The van der Waals surface area contributed by atoms with E-state index in [2.05, 4.69) is 28.1 Å². The molecule has 17 heavy (non-hydrogen) atoms. The molecule has 1 aromatic heterocycles. The number of esters is 1. The summed E-state index contributed by atoms with van der Waals surface area (Å²) in [5.74, 6) is -0.191. The summed E-state index contributed by atoms with van der Waals surface area (Å²) >= 11 is 0. The van der Waals surface area contributed by atoms with Gasteiger partial charge in [-0.1, -0.05) is 6.92 Å². The SMILES string of the molecule is CCc1cc(CNC(C)CC(=O)OC)n(C)n1. The van der Waals surface area contributed by atoms with Crippen LogP contribution < -0.4 is 5.32 Å². The van der Waals surface area contributed by atoms with Crippen molar-refractivity contribution >= 4 is 5.97 Å². The van der Waals surface area contributed by atoms with Crippen LogP contribution in [0.25, 0.3) is 0 Å². The van der Waals surface area contributed by atoms with E-state index in [1.165, 1.54) is 7.11 Å². The summed E-state index contributed by atoms with van der Waals surface area (Å²) in [6.45, 7) is 4.76. The number of methoxy groups -OCH3 is 1. The van der Waals surface area contributed by atoms with Crippen LogP contribution in [0.1, 0.15) is 31.7 Å². The lowest BCUT2D eigenvalue weighted by molar-refractivity contribution is -0.141. The van der Waals surface area contributed by atoms with E-state index in [1.54, 1.807) is 0 Å². The Kier molecular flexibility index (Phi) is 5.15. The third-order valence-corrected chi connectivity index (χ3v) is 2.72. The van der Waals surface area contributed by atoms with Gasteiger partial charge in [0.2, 0.25) is 0 Å². The number of aromatic nitrogens is 2. The molecular formula is C12H21N3O2. The lowest BCUT2D eigenvalue weighted by atomic mass is 10.2. The topological polar surface area (TPSA) is 56.1 Å². The number of hydrogen-bond donors (Lipinski definition) is 1. The average Bonchev–Trinajstić information content (AvgIpc) is 2.67. The van der Waals surface area contributed by atoms with Crippen molar-refractivity contribution in [3.8, 4) is 0 Å². The highest BCUT2D eigenvalue weighted by molar-refractivity contribution is 5.69. The number of nitrogens with one attached hydrogen (secondary N) is 1. The zero-order valence-electron chi connectivity index (χ0n) is 11.0. The molecule has 0 aliphatic heterocycles. The quantitative estimate of drug-likeness (QED) is 0.753. The minimum atomic E-state index is -0.191. The van der Waals surface area contributed by atoms with Gasteiger partial charge in [-0.3, -0.25) is 9.48 Å². The molecule has 0 aliphatic carbocycles. The van der Waals surface area contributed by atoms with Gasteiger partial charge in [0.1, 0.15) is 0 Å². The Morgan fingerprint density at radius 1 is 1.65 bits per heavy atom. The number of carbonyl (C=O) groups excluding carboxylic acids is 1. The Morgan fingerprint density at radius 3 is 2.88 bits per heavy atom. The fraction of sp³-hybridized carbons (Fsp3) is 0.667. The van der Waals surface area contributed by atoms with Crippen molar-refractivity contribution in [2.45, 2.75) is 39.3 Å². The number of rotatable bonds is 6. The van der Waals surface area contributed by atoms with Gasteiger partial charge in [-0.25, -0.2) is 0 Å². The summed E-state index contributed by atoms with van der Waals surface area (Å²) in [7, 11) is 3.34. The van der Waals surface area contributed by atoms with Gasteiger partial charge >= 0.3 is 5.97 Å². The maximum atomic E-state index is 11.1. The molecule has 0 bridgehead atoms. The van der Waals surface area contributed by atoms with Gasteiger partial charge in [-0.2, -0.15) is 5.10 Å². The van der Waals surface area contributed by atoms with E-state index in [0.717, 1.165) is 17.8 Å². The van der Waals surface area contributed by atoms with E-state index in [0.29, 0.717) is 13.0 Å². The molecule has 1 N–H and O–H groups in total. The fourth-order valence-corrected chi connectivity index (χ4v) is 1.59. The lowest BCUT2D eigenvalue weighted by Crippen LogP contribution is -2.29. The Bertz CT molecular complexity index is 374. The van der Waals surface area contributed by atoms with Crippen molar-refractivity contribution in [3.05, 3.63) is 17.5 Å². The molecule has 5 nitrogen and oxygen atoms in total. The summed E-state index contributed by atoms with van der Waals surface area (Å²) in [6.07, 6.45) is 1.32. The summed E-state index contributed by atoms with van der Waals surface area (Å²) in [6, 6.07) is 2.18. The minimum absolute atomic E-state index is 0.0995. The van der Waals surface area contributed by atoms with Crippen molar-refractivity contribution in [1.29, 1.82) is 0 Å². The van der Waals surface area contributed by atoms with Gasteiger partial charge in [-0.15, -0.1) is 0 Å². The Balaban J connectivity index is 2.44. The largest absolute Gasteiger partial charge is 0.469 e. The maximum Gasteiger partial charge on any atom is 0.307 e. The molecular weight excluding hydrogens is 218 g/mol. The van der Waals surface area contributed by atoms with E-state index in [-0.39, 0.29) is 12.0 Å². The van der Waals surface area contributed by atoms with Crippen LogP contribution in [0.3, 0.4) is 0 Å². The molecule has 0 radical (unpaired) electrons. The second-order valence-corrected chi connectivity index (χ2v) is 4.17. The Hall–Kier alpha value is -1.36. The van der Waals surface area contributed by atoms with Crippen LogP contribution in [0.2, 0.25) is 0 Å². The first-order valence-corrected chi connectivity index (χ1v) is 5.88. The highest BCUT2D eigenvalue weighted by atomic mass is 16.5. The van der Waals surface area contributed by atoms with Crippen LogP contribution in [0.4, 0.5) is 0 Å². The normalized spacial score (nSPS) is 12.5. The first kappa shape index (κ1) is 13.7. The number of ether oxygens (including phenoxy) is 1. The Labute approximate surface area is 102 Å². The average molecular weight is 239 g/mol. The molecule has 0 aromatic carbocycles. The molecule has 0 spiro atoms. The Morgan fingerprint density at radius 2 is 2.35 bits per heavy atom. The molecule has 1 heterocycles. The van der Waals surface area contributed by atoms with Crippen LogP contribution in [-0.2, 0) is 29.5 Å². The van der Waals surface area contributed by atoms with Crippen LogP contribution in [-0.4, -0.2) is 28.9 Å². The first-order chi connectivity index (χ1) is 8.06. The molecule has 0 fully saturated rings. The zero-order chi connectivity index (χ0) is 12.8. The second kappa shape index (κ2) is 6.39. The lowest BCUT2D eigenvalue weighted by Gasteiger charge is -2.12. The van der Waals surface area contributed by atoms with Gasteiger partial charge in [-0.05, 0) is 19.4 Å². The number of carbonyl (C=O) groups is 1. The second-order valence-electron chi connectivity index (χ2n) is 4.17. The van der Waals surface area contributed by atoms with Crippen molar-refractivity contribution < 1.29 is 9.53 Å². The molecule has 0 saturated heterocycles. The summed E-state index contributed by atoms with van der Waals surface area (Å²) in [4.78, 5) is 11.1. The fourth-order valence-electron chi connectivity index (χ4n) is 1.59. The van der Waals surface area contributed by atoms with E-state index in [1.807, 2.05) is 18.7 Å². The van der Waals surface area contributed by atoms with Crippen LogP contribution in [0.5, 0.6) is 0 Å². The van der Waals surface area contributed by atoms with E-state index < -0.39 is 0 Å². The highest BCUT2D eigenvalue weighted by Crippen LogP contribution is 2.04. The summed E-state index contributed by atoms with van der Waals surface area (Å²) < 4.78 is 6.49. The van der Waals surface area contributed by atoms with Crippen molar-refractivity contribution in [2.75, 3.05) is 7.11 Å². The van der Waals surface area contributed by atoms with E-state index in [9.17, 15) is 4.79 Å². The smallest absolute Gasteiger partial charge is 0.307 e. The number of nitrogens with zero attached hydrogens (tertiary/aromatic N) is 2. The predicted molar refractivity (Wildman–Crippen MR) is 65.5 cm³/mol. The molecule has 0 amide bonds.